The number of aryl methyl sites for hydroxylation is 1. The van der Waals surface area contributed by atoms with Crippen LogP contribution < -0.4 is 4.72 Å². The lowest BCUT2D eigenvalue weighted by molar-refractivity contribution is 0.182. The van der Waals surface area contributed by atoms with E-state index in [1.165, 1.54) is 6.08 Å². The average Bonchev–Trinajstić information content (AvgIpc) is 2.59. The molecular formula is C18H21NO3S2. The zero-order valence-electron chi connectivity index (χ0n) is 13.6. The van der Waals surface area contributed by atoms with Crippen LogP contribution in [0.4, 0.5) is 0 Å². The van der Waals surface area contributed by atoms with E-state index in [4.69, 9.17) is 0 Å². The first kappa shape index (κ1) is 18.7. The van der Waals surface area contributed by atoms with Gasteiger partial charge in [0, 0.05) is 16.8 Å². The topological polar surface area (TPSA) is 66.4 Å². The van der Waals surface area contributed by atoms with Gasteiger partial charge in [0.25, 0.3) is 0 Å². The summed E-state index contributed by atoms with van der Waals surface area (Å²) in [5.41, 5.74) is 2.60. The zero-order chi connectivity index (χ0) is 17.6. The molecule has 0 amide bonds. The lowest BCUT2D eigenvalue weighted by Crippen LogP contribution is -2.26. The molecule has 0 saturated carbocycles. The van der Waals surface area contributed by atoms with E-state index in [0.29, 0.717) is 5.56 Å². The molecule has 0 radical (unpaired) electrons. The summed E-state index contributed by atoms with van der Waals surface area (Å²) in [6.07, 6.45) is 2.62. The number of benzene rings is 2. The second-order valence-corrected chi connectivity index (χ2v) is 7.93. The SMILES string of the molecule is CSc1ccc(C(O)CNS(=O)(=O)C=Cc2ccc(C)cc2)cc1. The highest BCUT2D eigenvalue weighted by Gasteiger charge is 2.12. The smallest absolute Gasteiger partial charge is 0.233 e. The molecule has 2 aromatic rings. The maximum atomic E-state index is 12.0. The van der Waals surface area contributed by atoms with Gasteiger partial charge in [0.15, 0.2) is 0 Å². The number of aliphatic hydroxyl groups is 1. The first-order valence-corrected chi connectivity index (χ1v) is 10.2. The molecule has 4 nitrogen and oxygen atoms in total. The van der Waals surface area contributed by atoms with E-state index >= 15 is 0 Å². The molecular weight excluding hydrogens is 342 g/mol. The molecule has 0 aliphatic rings. The van der Waals surface area contributed by atoms with Crippen LogP contribution in [-0.2, 0) is 10.0 Å². The van der Waals surface area contributed by atoms with Gasteiger partial charge in [-0.25, -0.2) is 13.1 Å². The quantitative estimate of drug-likeness (QED) is 0.741. The Balaban J connectivity index is 1.94. The average molecular weight is 364 g/mol. The lowest BCUT2D eigenvalue weighted by Gasteiger charge is -2.11. The van der Waals surface area contributed by atoms with Crippen LogP contribution in [0.5, 0.6) is 0 Å². The Bertz CT molecular complexity index is 782. The van der Waals surface area contributed by atoms with Gasteiger partial charge >= 0.3 is 0 Å². The summed E-state index contributed by atoms with van der Waals surface area (Å²) in [6.45, 7) is 1.90. The van der Waals surface area contributed by atoms with Crippen LogP contribution in [0.2, 0.25) is 0 Å². The van der Waals surface area contributed by atoms with Gasteiger partial charge in [-0.3, -0.25) is 0 Å². The highest BCUT2D eigenvalue weighted by Crippen LogP contribution is 2.19. The van der Waals surface area contributed by atoms with Crippen molar-refractivity contribution in [2.24, 2.45) is 0 Å². The molecule has 2 rings (SSSR count). The van der Waals surface area contributed by atoms with Crippen molar-refractivity contribution in [3.05, 3.63) is 70.6 Å². The van der Waals surface area contributed by atoms with Gasteiger partial charge in [0.05, 0.1) is 6.10 Å². The first-order chi connectivity index (χ1) is 11.4. The van der Waals surface area contributed by atoms with Gasteiger partial charge in [-0.05, 0) is 42.5 Å². The van der Waals surface area contributed by atoms with Gasteiger partial charge in [0.1, 0.15) is 0 Å². The highest BCUT2D eigenvalue weighted by atomic mass is 32.2. The standard InChI is InChI=1S/C18H21NO3S2/c1-14-3-5-15(6-4-14)11-12-24(21,22)19-13-18(20)16-7-9-17(23-2)10-8-16/h3-12,18-20H,13H2,1-2H3. The van der Waals surface area contributed by atoms with E-state index in [2.05, 4.69) is 4.72 Å². The van der Waals surface area contributed by atoms with Crippen molar-refractivity contribution < 1.29 is 13.5 Å². The Morgan fingerprint density at radius 3 is 2.33 bits per heavy atom. The molecule has 1 unspecified atom stereocenters. The van der Waals surface area contributed by atoms with Gasteiger partial charge in [-0.1, -0.05) is 42.0 Å². The second kappa shape index (κ2) is 8.48. The van der Waals surface area contributed by atoms with Gasteiger partial charge in [-0.15, -0.1) is 11.8 Å². The van der Waals surface area contributed by atoms with Crippen LogP contribution in [0, 0.1) is 6.92 Å². The number of aliphatic hydroxyl groups excluding tert-OH is 1. The summed E-state index contributed by atoms with van der Waals surface area (Å²) in [5, 5.41) is 11.2. The third kappa shape index (κ3) is 5.79. The number of sulfonamides is 1. The molecule has 0 aliphatic heterocycles. The van der Waals surface area contributed by atoms with Gasteiger partial charge < -0.3 is 5.11 Å². The van der Waals surface area contributed by atoms with Crippen molar-refractivity contribution in [1.82, 2.24) is 4.72 Å². The summed E-state index contributed by atoms with van der Waals surface area (Å²) >= 11 is 1.61. The zero-order valence-corrected chi connectivity index (χ0v) is 15.3. The second-order valence-electron chi connectivity index (χ2n) is 5.40. The molecule has 128 valence electrons. The fourth-order valence-corrected chi connectivity index (χ4v) is 3.26. The molecule has 24 heavy (non-hydrogen) atoms. The minimum absolute atomic E-state index is 0.0703. The minimum Gasteiger partial charge on any atom is -0.387 e. The van der Waals surface area contributed by atoms with Crippen LogP contribution in [0.25, 0.3) is 6.08 Å². The Morgan fingerprint density at radius 2 is 1.75 bits per heavy atom. The van der Waals surface area contributed by atoms with E-state index in [1.807, 2.05) is 49.6 Å². The molecule has 1 atom stereocenters. The lowest BCUT2D eigenvalue weighted by atomic mass is 10.1. The van der Waals surface area contributed by atoms with Crippen LogP contribution in [-0.4, -0.2) is 26.3 Å². The van der Waals surface area contributed by atoms with Crippen molar-refractivity contribution in [1.29, 1.82) is 0 Å². The summed E-state index contributed by atoms with van der Waals surface area (Å²) in [6, 6.07) is 14.9. The molecule has 2 aromatic carbocycles. The molecule has 2 N–H and O–H groups in total. The fourth-order valence-electron chi connectivity index (χ4n) is 2.03. The van der Waals surface area contributed by atoms with E-state index in [1.54, 1.807) is 23.9 Å². The maximum Gasteiger partial charge on any atom is 0.233 e. The van der Waals surface area contributed by atoms with Crippen LogP contribution in [0.3, 0.4) is 0 Å². The van der Waals surface area contributed by atoms with E-state index in [-0.39, 0.29) is 6.54 Å². The van der Waals surface area contributed by atoms with Crippen molar-refractivity contribution in [3.8, 4) is 0 Å². The third-order valence-corrected chi connectivity index (χ3v) is 5.30. The molecule has 6 heteroatoms. The Labute approximate surface area is 147 Å². The number of nitrogens with one attached hydrogen (secondary N) is 1. The predicted octanol–water partition coefficient (Wildman–Crippen LogP) is 3.34. The van der Waals surface area contributed by atoms with Crippen molar-refractivity contribution in [2.75, 3.05) is 12.8 Å². The monoisotopic (exact) mass is 363 g/mol. The maximum absolute atomic E-state index is 12.0. The molecule has 0 aromatic heterocycles. The summed E-state index contributed by atoms with van der Waals surface area (Å²) in [5.74, 6) is 0. The number of hydrogen-bond donors (Lipinski definition) is 2. The summed E-state index contributed by atoms with van der Waals surface area (Å²) in [7, 11) is -3.60. The largest absolute Gasteiger partial charge is 0.387 e. The highest BCUT2D eigenvalue weighted by molar-refractivity contribution is 7.98. The van der Waals surface area contributed by atoms with Crippen LogP contribution >= 0.6 is 11.8 Å². The number of hydrogen-bond acceptors (Lipinski definition) is 4. The van der Waals surface area contributed by atoms with E-state index in [0.717, 1.165) is 21.4 Å². The van der Waals surface area contributed by atoms with Crippen molar-refractivity contribution in [2.45, 2.75) is 17.9 Å². The molecule has 0 aliphatic carbocycles. The van der Waals surface area contributed by atoms with Crippen molar-refractivity contribution >= 4 is 27.9 Å². The Kier molecular flexibility index (Phi) is 6.62. The normalized spacial score (nSPS) is 13.3. The van der Waals surface area contributed by atoms with E-state index < -0.39 is 16.1 Å². The number of rotatable bonds is 7. The number of thioether (sulfide) groups is 1. The molecule has 0 spiro atoms. The van der Waals surface area contributed by atoms with Crippen LogP contribution in [0.1, 0.15) is 22.8 Å². The molecule has 0 fully saturated rings. The van der Waals surface area contributed by atoms with E-state index in [9.17, 15) is 13.5 Å². The van der Waals surface area contributed by atoms with Gasteiger partial charge in [0.2, 0.25) is 10.0 Å². The van der Waals surface area contributed by atoms with Crippen molar-refractivity contribution in [3.63, 3.8) is 0 Å². The molecule has 0 saturated heterocycles. The fraction of sp³-hybridized carbons (Fsp3) is 0.222. The Morgan fingerprint density at radius 1 is 1.12 bits per heavy atom. The third-order valence-electron chi connectivity index (χ3n) is 3.50. The Hall–Kier alpha value is -1.60. The summed E-state index contributed by atoms with van der Waals surface area (Å²) < 4.78 is 26.4. The van der Waals surface area contributed by atoms with Gasteiger partial charge in [-0.2, -0.15) is 0 Å². The first-order valence-electron chi connectivity index (χ1n) is 7.46. The minimum atomic E-state index is -3.60. The predicted molar refractivity (Wildman–Crippen MR) is 100 cm³/mol. The molecule has 0 heterocycles. The summed E-state index contributed by atoms with van der Waals surface area (Å²) in [4.78, 5) is 1.09. The van der Waals surface area contributed by atoms with Crippen LogP contribution in [0.15, 0.2) is 58.8 Å². The molecule has 0 bridgehead atoms.